The molecule has 1 heterocycles. The van der Waals surface area contributed by atoms with Gasteiger partial charge < -0.3 is 10.1 Å². The summed E-state index contributed by atoms with van der Waals surface area (Å²) in [6.45, 7) is 0.108. The first kappa shape index (κ1) is 8.62. The molecule has 0 fully saturated rings. The summed E-state index contributed by atoms with van der Waals surface area (Å²) in [5, 5.41) is 10.3. The van der Waals surface area contributed by atoms with Crippen LogP contribution in [0.15, 0.2) is 6.20 Å². The molecule has 12 heavy (non-hydrogen) atoms. The van der Waals surface area contributed by atoms with Gasteiger partial charge in [-0.1, -0.05) is 4.98 Å². The quantitative estimate of drug-likeness (QED) is 0.499. The van der Waals surface area contributed by atoms with E-state index in [-0.39, 0.29) is 12.6 Å². The molecule has 0 aliphatic carbocycles. The van der Waals surface area contributed by atoms with Crippen LogP contribution >= 0.6 is 0 Å². The van der Waals surface area contributed by atoms with E-state index >= 15 is 0 Å². The molecule has 1 rings (SSSR count). The SMILES string of the molecule is Cn1c(CON)cnc1[N+](=O)[O-]. The standard InChI is InChI=1S/C5H8N4O3/c1-8-4(3-12-6)2-7-5(8)9(10)11/h2H,3,6H2,1H3. The summed E-state index contributed by atoms with van der Waals surface area (Å²) in [4.78, 5) is 17.6. The highest BCUT2D eigenvalue weighted by molar-refractivity contribution is 5.13. The monoisotopic (exact) mass is 172 g/mol. The van der Waals surface area contributed by atoms with E-state index in [0.29, 0.717) is 5.69 Å². The first-order valence-electron chi connectivity index (χ1n) is 3.13. The predicted molar refractivity (Wildman–Crippen MR) is 38.8 cm³/mol. The minimum Gasteiger partial charge on any atom is -0.390 e. The first-order chi connectivity index (χ1) is 5.66. The van der Waals surface area contributed by atoms with Crippen LogP contribution in [0.1, 0.15) is 5.69 Å². The molecule has 0 aromatic carbocycles. The van der Waals surface area contributed by atoms with Crippen molar-refractivity contribution in [1.29, 1.82) is 0 Å². The second kappa shape index (κ2) is 3.28. The highest BCUT2D eigenvalue weighted by Crippen LogP contribution is 2.10. The van der Waals surface area contributed by atoms with Gasteiger partial charge in [0.2, 0.25) is 0 Å². The van der Waals surface area contributed by atoms with E-state index in [1.54, 1.807) is 0 Å². The van der Waals surface area contributed by atoms with Gasteiger partial charge in [-0.2, -0.15) is 0 Å². The van der Waals surface area contributed by atoms with E-state index < -0.39 is 4.92 Å². The van der Waals surface area contributed by atoms with Crippen LogP contribution in [0.4, 0.5) is 5.95 Å². The molecule has 0 atom stereocenters. The normalized spacial score (nSPS) is 10.2. The van der Waals surface area contributed by atoms with Gasteiger partial charge in [0.05, 0.1) is 7.05 Å². The molecule has 1 aromatic heterocycles. The number of nitrogens with two attached hydrogens (primary N) is 1. The Hall–Kier alpha value is -1.47. The molecule has 2 N–H and O–H groups in total. The van der Waals surface area contributed by atoms with Gasteiger partial charge >= 0.3 is 5.95 Å². The average Bonchev–Trinajstić information content (AvgIpc) is 2.34. The van der Waals surface area contributed by atoms with Crippen LogP contribution in [0.25, 0.3) is 0 Å². The third kappa shape index (κ3) is 1.41. The number of hydrogen-bond acceptors (Lipinski definition) is 5. The maximum Gasteiger partial charge on any atom is 0.434 e. The number of aromatic nitrogens is 2. The molecule has 0 radical (unpaired) electrons. The summed E-state index contributed by atoms with van der Waals surface area (Å²) in [5.74, 6) is 4.58. The molecule has 0 spiro atoms. The van der Waals surface area contributed by atoms with Crippen molar-refractivity contribution in [2.75, 3.05) is 0 Å². The maximum absolute atomic E-state index is 10.3. The van der Waals surface area contributed by atoms with E-state index in [9.17, 15) is 10.1 Å². The van der Waals surface area contributed by atoms with E-state index in [1.807, 2.05) is 0 Å². The molecular formula is C5H8N4O3. The van der Waals surface area contributed by atoms with Crippen LogP contribution in [0.5, 0.6) is 0 Å². The summed E-state index contributed by atoms with van der Waals surface area (Å²) in [5.41, 5.74) is 0.559. The summed E-state index contributed by atoms with van der Waals surface area (Å²) >= 11 is 0. The van der Waals surface area contributed by atoms with Crippen molar-refractivity contribution in [1.82, 2.24) is 9.55 Å². The van der Waals surface area contributed by atoms with E-state index in [0.717, 1.165) is 0 Å². The molecule has 0 aliphatic rings. The lowest BCUT2D eigenvalue weighted by atomic mass is 10.5. The molecule has 7 heteroatoms. The fourth-order valence-corrected chi connectivity index (χ4v) is 0.823. The number of hydrogen-bond donors (Lipinski definition) is 1. The lowest BCUT2D eigenvalue weighted by molar-refractivity contribution is -0.396. The molecule has 1 aromatic rings. The van der Waals surface area contributed by atoms with Crippen LogP contribution in [-0.4, -0.2) is 14.5 Å². The second-order valence-corrected chi connectivity index (χ2v) is 2.18. The van der Waals surface area contributed by atoms with E-state index in [4.69, 9.17) is 5.90 Å². The number of imidazole rings is 1. The van der Waals surface area contributed by atoms with Crippen LogP contribution in [0.2, 0.25) is 0 Å². The zero-order valence-electron chi connectivity index (χ0n) is 6.43. The van der Waals surface area contributed by atoms with Gasteiger partial charge in [-0.05, 0) is 4.92 Å². The van der Waals surface area contributed by atoms with Crippen molar-refractivity contribution in [3.05, 3.63) is 22.0 Å². The van der Waals surface area contributed by atoms with Crippen molar-refractivity contribution >= 4 is 5.95 Å². The van der Waals surface area contributed by atoms with E-state index in [2.05, 4.69) is 9.82 Å². The van der Waals surface area contributed by atoms with Crippen molar-refractivity contribution in [2.24, 2.45) is 12.9 Å². The summed E-state index contributed by atoms with van der Waals surface area (Å²) in [7, 11) is 1.53. The Bertz CT molecular complexity index is 295. The molecule has 0 saturated heterocycles. The number of rotatable bonds is 3. The average molecular weight is 172 g/mol. The maximum atomic E-state index is 10.3. The Morgan fingerprint density at radius 1 is 1.92 bits per heavy atom. The third-order valence-electron chi connectivity index (χ3n) is 1.45. The predicted octanol–water partition coefficient (Wildman–Crippen LogP) is -0.281. The van der Waals surface area contributed by atoms with Gasteiger partial charge in [0.1, 0.15) is 18.5 Å². The second-order valence-electron chi connectivity index (χ2n) is 2.18. The molecule has 7 nitrogen and oxygen atoms in total. The highest BCUT2D eigenvalue weighted by atomic mass is 16.6. The molecule has 0 unspecified atom stereocenters. The lowest BCUT2D eigenvalue weighted by Crippen LogP contribution is -2.05. The van der Waals surface area contributed by atoms with Gasteiger partial charge in [-0.3, -0.25) is 4.84 Å². The number of nitrogens with zero attached hydrogens (tertiary/aromatic N) is 3. The molecule has 0 saturated carbocycles. The molecule has 66 valence electrons. The zero-order chi connectivity index (χ0) is 9.14. The molecule has 0 amide bonds. The molecular weight excluding hydrogens is 164 g/mol. The topological polar surface area (TPSA) is 96.2 Å². The van der Waals surface area contributed by atoms with Crippen molar-refractivity contribution in [3.8, 4) is 0 Å². The largest absolute Gasteiger partial charge is 0.434 e. The number of nitro groups is 1. The Kier molecular flexibility index (Phi) is 2.36. The first-order valence-corrected chi connectivity index (χ1v) is 3.13. The smallest absolute Gasteiger partial charge is 0.390 e. The van der Waals surface area contributed by atoms with Crippen LogP contribution in [-0.2, 0) is 18.5 Å². The molecule has 0 bridgehead atoms. The van der Waals surface area contributed by atoms with Gasteiger partial charge in [0, 0.05) is 0 Å². The minimum atomic E-state index is -0.569. The van der Waals surface area contributed by atoms with Crippen LogP contribution in [0, 0.1) is 10.1 Å². The summed E-state index contributed by atoms with van der Waals surface area (Å²) in [6, 6.07) is 0. The third-order valence-corrected chi connectivity index (χ3v) is 1.45. The van der Waals surface area contributed by atoms with Gasteiger partial charge in [0.15, 0.2) is 0 Å². The fourth-order valence-electron chi connectivity index (χ4n) is 0.823. The fraction of sp³-hybridized carbons (Fsp3) is 0.400. The van der Waals surface area contributed by atoms with Crippen LogP contribution in [0.3, 0.4) is 0 Å². The Balaban J connectivity index is 2.96. The zero-order valence-corrected chi connectivity index (χ0v) is 6.43. The minimum absolute atomic E-state index is 0.108. The Labute approximate surface area is 67.9 Å². The molecule has 0 aliphatic heterocycles. The highest BCUT2D eigenvalue weighted by Gasteiger charge is 2.16. The van der Waals surface area contributed by atoms with Gasteiger partial charge in [0.25, 0.3) is 0 Å². The van der Waals surface area contributed by atoms with Gasteiger partial charge in [-0.15, -0.1) is 0 Å². The Morgan fingerprint density at radius 3 is 3.00 bits per heavy atom. The van der Waals surface area contributed by atoms with Crippen molar-refractivity contribution in [3.63, 3.8) is 0 Å². The van der Waals surface area contributed by atoms with Crippen LogP contribution < -0.4 is 5.90 Å². The van der Waals surface area contributed by atoms with Crippen molar-refractivity contribution < 1.29 is 9.76 Å². The Morgan fingerprint density at radius 2 is 2.58 bits per heavy atom. The van der Waals surface area contributed by atoms with Gasteiger partial charge in [-0.25, -0.2) is 10.5 Å². The lowest BCUT2D eigenvalue weighted by Gasteiger charge is -1.96. The summed E-state index contributed by atoms with van der Waals surface area (Å²) < 4.78 is 1.31. The van der Waals surface area contributed by atoms with Crippen molar-refractivity contribution in [2.45, 2.75) is 6.61 Å². The summed E-state index contributed by atoms with van der Waals surface area (Å²) in [6.07, 6.45) is 1.35. The van der Waals surface area contributed by atoms with E-state index in [1.165, 1.54) is 17.8 Å².